The average Bonchev–Trinajstić information content (AvgIpc) is 2.28. The van der Waals surface area contributed by atoms with E-state index in [2.05, 4.69) is 27.9 Å². The topological polar surface area (TPSA) is 38.3 Å². The van der Waals surface area contributed by atoms with Gasteiger partial charge in [-0.2, -0.15) is 0 Å². The zero-order valence-electron chi connectivity index (χ0n) is 8.93. The second kappa shape index (κ2) is 6.67. The molecule has 16 heavy (non-hydrogen) atoms. The van der Waals surface area contributed by atoms with Gasteiger partial charge in [0.1, 0.15) is 17.1 Å². The lowest BCUT2D eigenvalue weighted by Crippen LogP contribution is -2.26. The first-order chi connectivity index (χ1) is 7.70. The molecule has 88 valence electrons. The first kappa shape index (κ1) is 13.2. The van der Waals surface area contributed by atoms with Crippen LogP contribution in [0.25, 0.3) is 0 Å². The van der Waals surface area contributed by atoms with Crippen molar-refractivity contribution in [2.45, 2.75) is 6.42 Å². The predicted octanol–water partition coefficient (Wildman–Crippen LogP) is 2.39. The summed E-state index contributed by atoms with van der Waals surface area (Å²) < 4.78 is 19.4. The van der Waals surface area contributed by atoms with E-state index in [-0.39, 0.29) is 11.3 Å². The van der Waals surface area contributed by atoms with Gasteiger partial charge < -0.3 is 10.1 Å². The number of benzene rings is 1. The molecule has 0 unspecified atom stereocenters. The number of alkyl halides is 1. The normalized spacial score (nSPS) is 9.94. The molecule has 0 saturated carbocycles. The zero-order valence-corrected chi connectivity index (χ0v) is 11.1. The summed E-state index contributed by atoms with van der Waals surface area (Å²) in [6.45, 7) is 0.541. The van der Waals surface area contributed by atoms with Crippen molar-refractivity contribution in [1.82, 2.24) is 5.32 Å². The van der Waals surface area contributed by atoms with Crippen molar-refractivity contribution in [3.05, 3.63) is 29.6 Å². The van der Waals surface area contributed by atoms with E-state index in [1.807, 2.05) is 0 Å². The van der Waals surface area contributed by atoms with Crippen LogP contribution >= 0.6 is 22.6 Å². The van der Waals surface area contributed by atoms with Crippen LogP contribution < -0.4 is 10.1 Å². The Labute approximate surface area is 108 Å². The third kappa shape index (κ3) is 3.33. The molecule has 1 aromatic carbocycles. The molecular formula is C11H13FINO2. The highest BCUT2D eigenvalue weighted by atomic mass is 127. The second-order valence-corrected chi connectivity index (χ2v) is 4.19. The van der Waals surface area contributed by atoms with Gasteiger partial charge in [-0.15, -0.1) is 0 Å². The number of ether oxygens (including phenoxy) is 1. The first-order valence-corrected chi connectivity index (χ1v) is 6.40. The molecule has 0 heterocycles. The standard InChI is InChI=1S/C11H13FINO2/c1-16-9-5-2-4-8(12)10(9)11(15)14-7-3-6-13/h2,4-5H,3,6-7H2,1H3,(H,14,15). The molecule has 0 spiro atoms. The Morgan fingerprint density at radius 1 is 1.56 bits per heavy atom. The minimum atomic E-state index is -0.564. The number of carbonyl (C=O) groups is 1. The van der Waals surface area contributed by atoms with Gasteiger partial charge in [0.2, 0.25) is 0 Å². The lowest BCUT2D eigenvalue weighted by Gasteiger charge is -2.09. The summed E-state index contributed by atoms with van der Waals surface area (Å²) in [5.41, 5.74) is -0.0292. The monoisotopic (exact) mass is 337 g/mol. The van der Waals surface area contributed by atoms with Crippen molar-refractivity contribution in [2.75, 3.05) is 18.1 Å². The molecule has 1 N–H and O–H groups in total. The van der Waals surface area contributed by atoms with Gasteiger partial charge in [0.25, 0.3) is 5.91 Å². The maximum atomic E-state index is 13.5. The smallest absolute Gasteiger partial charge is 0.258 e. The van der Waals surface area contributed by atoms with E-state index >= 15 is 0 Å². The van der Waals surface area contributed by atoms with Crippen molar-refractivity contribution in [3.63, 3.8) is 0 Å². The molecule has 1 amide bonds. The third-order valence-corrected chi connectivity index (χ3v) is 2.78. The molecule has 0 aliphatic heterocycles. The largest absolute Gasteiger partial charge is 0.496 e. The van der Waals surface area contributed by atoms with E-state index in [0.717, 1.165) is 10.8 Å². The molecule has 3 nitrogen and oxygen atoms in total. The summed E-state index contributed by atoms with van der Waals surface area (Å²) in [5, 5.41) is 2.65. The SMILES string of the molecule is COc1cccc(F)c1C(=O)NCCCI. The molecule has 0 bridgehead atoms. The van der Waals surface area contributed by atoms with Crippen molar-refractivity contribution < 1.29 is 13.9 Å². The van der Waals surface area contributed by atoms with Crippen LogP contribution in [0.3, 0.4) is 0 Å². The summed E-state index contributed by atoms with van der Waals surface area (Å²) in [5.74, 6) is -0.738. The number of hydrogen-bond donors (Lipinski definition) is 1. The Kier molecular flexibility index (Phi) is 5.51. The van der Waals surface area contributed by atoms with Crippen LogP contribution in [0.5, 0.6) is 5.75 Å². The summed E-state index contributed by atoms with van der Waals surface area (Å²) in [6.07, 6.45) is 0.864. The highest BCUT2D eigenvalue weighted by molar-refractivity contribution is 14.1. The van der Waals surface area contributed by atoms with Gasteiger partial charge in [0.05, 0.1) is 7.11 Å². The van der Waals surface area contributed by atoms with Crippen LogP contribution in [-0.4, -0.2) is 24.0 Å². The summed E-state index contributed by atoms with van der Waals surface area (Å²) in [6, 6.07) is 4.32. The molecule has 0 aliphatic rings. The molecule has 5 heteroatoms. The van der Waals surface area contributed by atoms with Crippen molar-refractivity contribution in [2.24, 2.45) is 0 Å². The third-order valence-electron chi connectivity index (χ3n) is 2.02. The maximum Gasteiger partial charge on any atom is 0.258 e. The van der Waals surface area contributed by atoms with Gasteiger partial charge >= 0.3 is 0 Å². The molecular weight excluding hydrogens is 324 g/mol. The molecule has 0 saturated heterocycles. The predicted molar refractivity (Wildman–Crippen MR) is 68.8 cm³/mol. The number of nitrogens with one attached hydrogen (secondary N) is 1. The van der Waals surface area contributed by atoms with Crippen LogP contribution in [0.2, 0.25) is 0 Å². The van der Waals surface area contributed by atoms with E-state index < -0.39 is 11.7 Å². The Balaban J connectivity index is 2.81. The molecule has 1 rings (SSSR count). The van der Waals surface area contributed by atoms with Gasteiger partial charge in [0, 0.05) is 11.0 Å². The first-order valence-electron chi connectivity index (χ1n) is 4.87. The fourth-order valence-electron chi connectivity index (χ4n) is 1.25. The van der Waals surface area contributed by atoms with Crippen molar-refractivity contribution in [3.8, 4) is 5.75 Å². The number of halogens is 2. The number of carbonyl (C=O) groups excluding carboxylic acids is 1. The molecule has 1 aromatic rings. The number of amides is 1. The number of hydrogen-bond acceptors (Lipinski definition) is 2. The summed E-state index contributed by atoms with van der Waals surface area (Å²) >= 11 is 2.22. The highest BCUT2D eigenvalue weighted by Gasteiger charge is 2.16. The van der Waals surface area contributed by atoms with Crippen LogP contribution in [-0.2, 0) is 0 Å². The van der Waals surface area contributed by atoms with E-state index in [4.69, 9.17) is 4.74 Å². The van der Waals surface area contributed by atoms with Crippen LogP contribution in [0, 0.1) is 5.82 Å². The summed E-state index contributed by atoms with van der Waals surface area (Å²) in [4.78, 5) is 11.7. The van der Waals surface area contributed by atoms with E-state index in [0.29, 0.717) is 6.54 Å². The molecule has 0 atom stereocenters. The minimum Gasteiger partial charge on any atom is -0.496 e. The lowest BCUT2D eigenvalue weighted by atomic mass is 10.1. The quantitative estimate of drug-likeness (QED) is 0.509. The fourth-order valence-corrected chi connectivity index (χ4v) is 1.63. The molecule has 0 fully saturated rings. The Morgan fingerprint density at radius 3 is 2.94 bits per heavy atom. The Morgan fingerprint density at radius 2 is 2.31 bits per heavy atom. The second-order valence-electron chi connectivity index (χ2n) is 3.12. The Bertz CT molecular complexity index is 371. The minimum absolute atomic E-state index is 0.0292. The number of rotatable bonds is 5. The highest BCUT2D eigenvalue weighted by Crippen LogP contribution is 2.20. The van der Waals surface area contributed by atoms with Gasteiger partial charge in [-0.1, -0.05) is 28.7 Å². The Hall–Kier alpha value is -0.850. The van der Waals surface area contributed by atoms with E-state index in [1.54, 1.807) is 6.07 Å². The van der Waals surface area contributed by atoms with Crippen LogP contribution in [0.4, 0.5) is 4.39 Å². The number of methoxy groups -OCH3 is 1. The lowest BCUT2D eigenvalue weighted by molar-refractivity contribution is 0.0946. The molecule has 0 aliphatic carbocycles. The molecule has 0 aromatic heterocycles. The van der Waals surface area contributed by atoms with Gasteiger partial charge in [0.15, 0.2) is 0 Å². The van der Waals surface area contributed by atoms with Crippen LogP contribution in [0.15, 0.2) is 18.2 Å². The van der Waals surface area contributed by atoms with Crippen molar-refractivity contribution >= 4 is 28.5 Å². The molecule has 0 radical (unpaired) electrons. The fraction of sp³-hybridized carbons (Fsp3) is 0.364. The van der Waals surface area contributed by atoms with Crippen LogP contribution in [0.1, 0.15) is 16.8 Å². The van der Waals surface area contributed by atoms with Gasteiger partial charge in [-0.05, 0) is 18.6 Å². The van der Waals surface area contributed by atoms with Gasteiger partial charge in [-0.3, -0.25) is 4.79 Å². The maximum absolute atomic E-state index is 13.5. The van der Waals surface area contributed by atoms with E-state index in [9.17, 15) is 9.18 Å². The zero-order chi connectivity index (χ0) is 12.0. The average molecular weight is 337 g/mol. The van der Waals surface area contributed by atoms with Gasteiger partial charge in [-0.25, -0.2) is 4.39 Å². The van der Waals surface area contributed by atoms with E-state index in [1.165, 1.54) is 19.2 Å². The van der Waals surface area contributed by atoms with Crippen molar-refractivity contribution in [1.29, 1.82) is 0 Å². The summed E-state index contributed by atoms with van der Waals surface area (Å²) in [7, 11) is 1.41.